The van der Waals surface area contributed by atoms with Crippen LogP contribution in [0.25, 0.3) is 0 Å². The van der Waals surface area contributed by atoms with E-state index in [2.05, 4.69) is 23.6 Å². The van der Waals surface area contributed by atoms with Crippen LogP contribution < -0.4 is 0 Å². The first kappa shape index (κ1) is 18.4. The first-order valence-electron chi connectivity index (χ1n) is 8.78. The van der Waals surface area contributed by atoms with Crippen LogP contribution in [-0.4, -0.2) is 72.5 Å². The zero-order valence-electron chi connectivity index (χ0n) is 14.8. The molecule has 0 saturated carbocycles. The Labute approximate surface area is 131 Å². The summed E-state index contributed by atoms with van der Waals surface area (Å²) in [7, 11) is 0. The van der Waals surface area contributed by atoms with Crippen LogP contribution >= 0.6 is 0 Å². The fraction of sp³-hybridized carbons (Fsp3) is 0.941. The lowest BCUT2D eigenvalue weighted by molar-refractivity contribution is -0.130. The van der Waals surface area contributed by atoms with Gasteiger partial charge in [-0.2, -0.15) is 0 Å². The van der Waals surface area contributed by atoms with Crippen molar-refractivity contribution in [3.05, 3.63) is 0 Å². The van der Waals surface area contributed by atoms with Crippen molar-refractivity contribution in [1.29, 1.82) is 0 Å². The number of carbonyl (C=O) groups is 1. The molecule has 4 heteroatoms. The minimum Gasteiger partial charge on any atom is -0.340 e. The van der Waals surface area contributed by atoms with E-state index in [4.69, 9.17) is 0 Å². The maximum atomic E-state index is 11.3. The van der Waals surface area contributed by atoms with Crippen LogP contribution in [-0.2, 0) is 4.79 Å². The van der Waals surface area contributed by atoms with E-state index >= 15 is 0 Å². The Morgan fingerprint density at radius 2 is 1.52 bits per heavy atom. The second-order valence-electron chi connectivity index (χ2n) is 6.38. The normalized spacial score (nSPS) is 22.1. The Kier molecular flexibility index (Phi) is 8.27. The molecular formula is C17H35N3O. The minimum atomic E-state index is 0.227. The van der Waals surface area contributed by atoms with Crippen molar-refractivity contribution in [3.8, 4) is 0 Å². The number of carbonyl (C=O) groups excluding carboxylic acids is 1. The summed E-state index contributed by atoms with van der Waals surface area (Å²) in [5.74, 6) is 1.09. The second kappa shape index (κ2) is 9.42. The maximum absolute atomic E-state index is 11.3. The lowest BCUT2D eigenvalue weighted by Gasteiger charge is -2.39. The Hall–Kier alpha value is -0.610. The van der Waals surface area contributed by atoms with Crippen molar-refractivity contribution in [2.24, 2.45) is 5.92 Å². The van der Waals surface area contributed by atoms with E-state index in [0.717, 1.165) is 32.1 Å². The van der Waals surface area contributed by atoms with Crippen molar-refractivity contribution in [2.45, 2.75) is 53.5 Å². The van der Waals surface area contributed by atoms with Gasteiger partial charge in [-0.15, -0.1) is 0 Å². The summed E-state index contributed by atoms with van der Waals surface area (Å²) in [5, 5.41) is 0. The monoisotopic (exact) mass is 297 g/mol. The molecule has 0 aromatic rings. The minimum absolute atomic E-state index is 0.227. The molecule has 2 aliphatic heterocycles. The van der Waals surface area contributed by atoms with Gasteiger partial charge in [0.25, 0.3) is 0 Å². The average molecular weight is 297 g/mol. The zero-order chi connectivity index (χ0) is 15.8. The van der Waals surface area contributed by atoms with E-state index in [1.807, 2.05) is 18.7 Å². The van der Waals surface area contributed by atoms with E-state index in [1.165, 1.54) is 32.5 Å². The Morgan fingerprint density at radius 1 is 1.00 bits per heavy atom. The molecule has 0 radical (unpaired) electrons. The Bertz CT molecular complexity index is 290. The van der Waals surface area contributed by atoms with Crippen molar-refractivity contribution in [2.75, 3.05) is 45.8 Å². The number of piperidine rings is 1. The van der Waals surface area contributed by atoms with Gasteiger partial charge < -0.3 is 9.80 Å². The lowest BCUT2D eigenvalue weighted by atomic mass is 9.95. The first-order chi connectivity index (χ1) is 10.1. The number of amides is 1. The highest BCUT2D eigenvalue weighted by Gasteiger charge is 2.25. The standard InChI is InChI=1S/C15H29N3O.C2H6/c1-13(2)17-6-4-15(5-7-17)12-16-8-10-18(11-9-16)14(3)19;1-2/h13,15H,4-12H2,1-3H3;1-2H3. The number of hydrogen-bond acceptors (Lipinski definition) is 3. The van der Waals surface area contributed by atoms with Crippen LogP contribution in [0.1, 0.15) is 47.5 Å². The molecule has 1 amide bonds. The van der Waals surface area contributed by atoms with E-state index < -0.39 is 0 Å². The summed E-state index contributed by atoms with van der Waals surface area (Å²) in [4.78, 5) is 18.4. The molecule has 4 nitrogen and oxygen atoms in total. The molecule has 2 aliphatic rings. The zero-order valence-corrected chi connectivity index (χ0v) is 14.8. The molecule has 0 aromatic heterocycles. The van der Waals surface area contributed by atoms with Crippen molar-refractivity contribution in [1.82, 2.24) is 14.7 Å². The van der Waals surface area contributed by atoms with Gasteiger partial charge in [0, 0.05) is 45.7 Å². The van der Waals surface area contributed by atoms with Gasteiger partial charge in [0.2, 0.25) is 5.91 Å². The molecular weight excluding hydrogens is 262 g/mol. The third-order valence-electron chi connectivity index (χ3n) is 4.71. The molecule has 0 aromatic carbocycles. The SMILES string of the molecule is CC.CC(=O)N1CCN(CC2CCN(C(C)C)CC2)CC1. The molecule has 0 bridgehead atoms. The molecule has 2 heterocycles. The largest absolute Gasteiger partial charge is 0.340 e. The van der Waals surface area contributed by atoms with Crippen LogP contribution in [0.15, 0.2) is 0 Å². The summed E-state index contributed by atoms with van der Waals surface area (Å²) in [6.07, 6.45) is 2.68. The summed E-state index contributed by atoms with van der Waals surface area (Å²) in [6.45, 7) is 18.0. The summed E-state index contributed by atoms with van der Waals surface area (Å²) >= 11 is 0. The highest BCUT2D eigenvalue weighted by Crippen LogP contribution is 2.20. The Balaban J connectivity index is 0.00000106. The summed E-state index contributed by atoms with van der Waals surface area (Å²) in [5.41, 5.74) is 0. The molecule has 0 N–H and O–H groups in total. The van der Waals surface area contributed by atoms with E-state index in [-0.39, 0.29) is 5.91 Å². The topological polar surface area (TPSA) is 26.8 Å². The molecule has 0 spiro atoms. The van der Waals surface area contributed by atoms with E-state index in [0.29, 0.717) is 6.04 Å². The van der Waals surface area contributed by atoms with Gasteiger partial charge in [-0.1, -0.05) is 13.8 Å². The third kappa shape index (κ3) is 5.95. The molecule has 2 saturated heterocycles. The van der Waals surface area contributed by atoms with Gasteiger partial charge in [-0.05, 0) is 45.7 Å². The lowest BCUT2D eigenvalue weighted by Crippen LogP contribution is -2.50. The fourth-order valence-electron chi connectivity index (χ4n) is 3.26. The van der Waals surface area contributed by atoms with Gasteiger partial charge in [-0.3, -0.25) is 9.69 Å². The van der Waals surface area contributed by atoms with Crippen LogP contribution in [0.5, 0.6) is 0 Å². The Morgan fingerprint density at radius 3 is 1.95 bits per heavy atom. The van der Waals surface area contributed by atoms with E-state index in [1.54, 1.807) is 6.92 Å². The highest BCUT2D eigenvalue weighted by molar-refractivity contribution is 5.73. The van der Waals surface area contributed by atoms with Gasteiger partial charge in [-0.25, -0.2) is 0 Å². The van der Waals surface area contributed by atoms with Crippen LogP contribution in [0.3, 0.4) is 0 Å². The predicted molar refractivity (Wildman–Crippen MR) is 89.5 cm³/mol. The molecule has 2 rings (SSSR count). The van der Waals surface area contributed by atoms with Gasteiger partial charge in [0.1, 0.15) is 0 Å². The number of nitrogens with zero attached hydrogens (tertiary/aromatic N) is 3. The molecule has 0 unspecified atom stereocenters. The number of hydrogen-bond donors (Lipinski definition) is 0. The van der Waals surface area contributed by atoms with Crippen LogP contribution in [0.4, 0.5) is 0 Å². The quantitative estimate of drug-likeness (QED) is 0.800. The number of likely N-dealkylation sites (tertiary alicyclic amines) is 1. The molecule has 21 heavy (non-hydrogen) atoms. The van der Waals surface area contributed by atoms with Crippen molar-refractivity contribution < 1.29 is 4.79 Å². The van der Waals surface area contributed by atoms with Gasteiger partial charge in [0.15, 0.2) is 0 Å². The van der Waals surface area contributed by atoms with Crippen molar-refractivity contribution >= 4 is 5.91 Å². The molecule has 124 valence electrons. The molecule has 0 atom stereocenters. The smallest absolute Gasteiger partial charge is 0.219 e. The average Bonchev–Trinajstić information content (AvgIpc) is 2.50. The fourth-order valence-corrected chi connectivity index (χ4v) is 3.26. The van der Waals surface area contributed by atoms with E-state index in [9.17, 15) is 4.79 Å². The highest BCUT2D eigenvalue weighted by atomic mass is 16.2. The number of piperazine rings is 1. The van der Waals surface area contributed by atoms with Crippen LogP contribution in [0, 0.1) is 5.92 Å². The molecule has 0 aliphatic carbocycles. The van der Waals surface area contributed by atoms with Crippen LogP contribution in [0.2, 0.25) is 0 Å². The number of rotatable bonds is 3. The predicted octanol–water partition coefficient (Wildman–Crippen LogP) is 2.30. The second-order valence-corrected chi connectivity index (χ2v) is 6.38. The summed E-state index contributed by atoms with van der Waals surface area (Å²) in [6, 6.07) is 0.695. The first-order valence-corrected chi connectivity index (χ1v) is 8.78. The van der Waals surface area contributed by atoms with Crippen molar-refractivity contribution in [3.63, 3.8) is 0 Å². The van der Waals surface area contributed by atoms with Gasteiger partial charge >= 0.3 is 0 Å². The summed E-state index contributed by atoms with van der Waals surface area (Å²) < 4.78 is 0. The third-order valence-corrected chi connectivity index (χ3v) is 4.71. The van der Waals surface area contributed by atoms with Gasteiger partial charge in [0.05, 0.1) is 0 Å². The maximum Gasteiger partial charge on any atom is 0.219 e. The molecule has 2 fully saturated rings.